The number of aryl methyl sites for hydroxylation is 1. The third-order valence-corrected chi connectivity index (χ3v) is 2.76. The number of carboxylic acid groups (broad SMARTS) is 1. The van der Waals surface area contributed by atoms with Gasteiger partial charge in [-0.05, 0) is 37.3 Å². The molecule has 3 N–H and O–H groups in total. The van der Waals surface area contributed by atoms with Crippen molar-refractivity contribution in [1.29, 1.82) is 0 Å². The van der Waals surface area contributed by atoms with Crippen LogP contribution in [0.15, 0.2) is 42.7 Å². The van der Waals surface area contributed by atoms with Gasteiger partial charge in [-0.25, -0.2) is 4.79 Å². The number of hydrogen-bond donors (Lipinski definition) is 3. The summed E-state index contributed by atoms with van der Waals surface area (Å²) in [5, 5.41) is 15.2. The number of thiocarbonyl (C=S) groups is 1. The number of pyridine rings is 1. The van der Waals surface area contributed by atoms with E-state index in [9.17, 15) is 4.79 Å². The molecule has 0 fully saturated rings. The fourth-order valence-corrected chi connectivity index (χ4v) is 1.79. The third kappa shape index (κ3) is 3.76. The Morgan fingerprint density at radius 2 is 1.80 bits per heavy atom. The van der Waals surface area contributed by atoms with Gasteiger partial charge in [0.05, 0.1) is 17.4 Å². The van der Waals surface area contributed by atoms with E-state index in [1.807, 2.05) is 31.2 Å². The number of nitrogens with zero attached hydrogens (tertiary/aromatic N) is 1. The molecule has 0 aliphatic heterocycles. The molecule has 0 spiro atoms. The maximum absolute atomic E-state index is 10.8. The molecule has 0 saturated carbocycles. The number of aromatic carboxylic acids is 1. The zero-order valence-corrected chi connectivity index (χ0v) is 11.6. The third-order valence-electron chi connectivity index (χ3n) is 2.55. The van der Waals surface area contributed by atoms with Crippen molar-refractivity contribution in [3.8, 4) is 0 Å². The summed E-state index contributed by atoms with van der Waals surface area (Å²) >= 11 is 5.16. The van der Waals surface area contributed by atoms with Crippen LogP contribution in [0.1, 0.15) is 15.9 Å². The molecule has 2 aromatic rings. The summed E-state index contributed by atoms with van der Waals surface area (Å²) in [7, 11) is 0. The fourth-order valence-electron chi connectivity index (χ4n) is 1.56. The number of aromatic nitrogens is 1. The van der Waals surface area contributed by atoms with E-state index in [1.54, 1.807) is 0 Å². The van der Waals surface area contributed by atoms with Crippen molar-refractivity contribution < 1.29 is 9.90 Å². The highest BCUT2D eigenvalue weighted by atomic mass is 32.1. The lowest BCUT2D eigenvalue weighted by atomic mass is 10.2. The highest BCUT2D eigenvalue weighted by Gasteiger charge is 2.05. The zero-order chi connectivity index (χ0) is 14.5. The van der Waals surface area contributed by atoms with Gasteiger partial charge in [-0.15, -0.1) is 0 Å². The molecule has 2 rings (SSSR count). The topological polar surface area (TPSA) is 74.2 Å². The van der Waals surface area contributed by atoms with Gasteiger partial charge in [-0.3, -0.25) is 4.98 Å². The second-order valence-electron chi connectivity index (χ2n) is 4.21. The molecule has 0 saturated heterocycles. The molecule has 0 amide bonds. The predicted molar refractivity (Wildman–Crippen MR) is 82.2 cm³/mol. The van der Waals surface area contributed by atoms with E-state index < -0.39 is 5.97 Å². The molecule has 0 atom stereocenters. The molecule has 0 aliphatic carbocycles. The Bertz CT molecular complexity index is 641. The summed E-state index contributed by atoms with van der Waals surface area (Å²) in [6.45, 7) is 2.00. The molecular weight excluding hydrogens is 274 g/mol. The molecule has 0 aliphatic rings. The van der Waals surface area contributed by atoms with Crippen LogP contribution in [0.2, 0.25) is 0 Å². The first-order chi connectivity index (χ1) is 9.54. The lowest BCUT2D eigenvalue weighted by Crippen LogP contribution is -2.19. The average molecular weight is 287 g/mol. The normalized spacial score (nSPS) is 9.85. The molecule has 1 aromatic heterocycles. The first kappa shape index (κ1) is 14.0. The minimum atomic E-state index is -1.03. The number of benzene rings is 1. The summed E-state index contributed by atoms with van der Waals surface area (Å²) in [5.41, 5.74) is 2.64. The van der Waals surface area contributed by atoms with Crippen LogP contribution in [0.25, 0.3) is 0 Å². The van der Waals surface area contributed by atoms with Crippen LogP contribution >= 0.6 is 12.2 Å². The van der Waals surface area contributed by atoms with Crippen molar-refractivity contribution >= 4 is 34.7 Å². The summed E-state index contributed by atoms with van der Waals surface area (Å²) in [6, 6.07) is 9.23. The second-order valence-corrected chi connectivity index (χ2v) is 4.62. The number of anilines is 2. The van der Waals surface area contributed by atoms with Crippen LogP contribution < -0.4 is 10.6 Å². The van der Waals surface area contributed by atoms with Crippen molar-refractivity contribution in [1.82, 2.24) is 4.98 Å². The quantitative estimate of drug-likeness (QED) is 0.754. The van der Waals surface area contributed by atoms with Gasteiger partial charge in [0, 0.05) is 11.9 Å². The van der Waals surface area contributed by atoms with Crippen LogP contribution in [0.5, 0.6) is 0 Å². The summed E-state index contributed by atoms with van der Waals surface area (Å²) < 4.78 is 0. The van der Waals surface area contributed by atoms with Crippen LogP contribution in [-0.4, -0.2) is 21.2 Å². The number of carboxylic acids is 1. The molecule has 20 heavy (non-hydrogen) atoms. The molecule has 0 unspecified atom stereocenters. The Kier molecular flexibility index (Phi) is 4.27. The average Bonchev–Trinajstić information content (AvgIpc) is 2.41. The van der Waals surface area contributed by atoms with Crippen molar-refractivity contribution in [2.45, 2.75) is 6.92 Å². The van der Waals surface area contributed by atoms with Gasteiger partial charge in [0.2, 0.25) is 0 Å². The second kappa shape index (κ2) is 6.12. The minimum Gasteiger partial charge on any atom is -0.478 e. The van der Waals surface area contributed by atoms with Gasteiger partial charge in [-0.1, -0.05) is 17.7 Å². The van der Waals surface area contributed by atoms with Crippen molar-refractivity contribution in [3.05, 3.63) is 53.9 Å². The number of hydrogen-bond acceptors (Lipinski definition) is 3. The van der Waals surface area contributed by atoms with E-state index >= 15 is 0 Å². The largest absolute Gasteiger partial charge is 0.478 e. The Hall–Kier alpha value is -2.47. The lowest BCUT2D eigenvalue weighted by molar-refractivity contribution is 0.0696. The number of nitrogens with one attached hydrogen (secondary N) is 2. The SMILES string of the molecule is Cc1ccc(NC(=S)Nc2cncc(C(=O)O)c2)cc1. The van der Waals surface area contributed by atoms with E-state index in [0.29, 0.717) is 10.8 Å². The first-order valence-electron chi connectivity index (χ1n) is 5.87. The standard InChI is InChI=1S/C14H13N3O2S/c1-9-2-4-11(5-3-9)16-14(20)17-12-6-10(13(18)19)7-15-8-12/h2-8H,1H3,(H,18,19)(H2,16,17,20). The van der Waals surface area contributed by atoms with Gasteiger partial charge in [0.25, 0.3) is 0 Å². The van der Waals surface area contributed by atoms with Gasteiger partial charge in [0.1, 0.15) is 0 Å². The Morgan fingerprint density at radius 3 is 2.45 bits per heavy atom. The highest BCUT2D eigenvalue weighted by Crippen LogP contribution is 2.11. The van der Waals surface area contributed by atoms with Crippen molar-refractivity contribution in [2.75, 3.05) is 10.6 Å². The van der Waals surface area contributed by atoms with Crippen LogP contribution in [0.4, 0.5) is 11.4 Å². The van der Waals surface area contributed by atoms with Gasteiger partial charge < -0.3 is 15.7 Å². The summed E-state index contributed by atoms with van der Waals surface area (Å²) in [6.07, 6.45) is 2.79. The number of carbonyl (C=O) groups is 1. The van der Waals surface area contributed by atoms with E-state index in [2.05, 4.69) is 15.6 Å². The van der Waals surface area contributed by atoms with Gasteiger partial charge in [-0.2, -0.15) is 0 Å². The molecule has 0 radical (unpaired) electrons. The zero-order valence-electron chi connectivity index (χ0n) is 10.8. The van der Waals surface area contributed by atoms with Crippen molar-refractivity contribution in [3.63, 3.8) is 0 Å². The smallest absolute Gasteiger partial charge is 0.337 e. The maximum atomic E-state index is 10.8. The molecule has 0 bridgehead atoms. The van der Waals surface area contributed by atoms with E-state index in [0.717, 1.165) is 11.3 Å². The molecule has 6 heteroatoms. The van der Waals surface area contributed by atoms with Crippen LogP contribution in [0, 0.1) is 6.92 Å². The van der Waals surface area contributed by atoms with Crippen molar-refractivity contribution in [2.24, 2.45) is 0 Å². The van der Waals surface area contributed by atoms with E-state index in [4.69, 9.17) is 17.3 Å². The maximum Gasteiger partial charge on any atom is 0.337 e. The van der Waals surface area contributed by atoms with E-state index in [1.165, 1.54) is 18.5 Å². The minimum absolute atomic E-state index is 0.105. The van der Waals surface area contributed by atoms with Gasteiger partial charge >= 0.3 is 5.97 Å². The first-order valence-corrected chi connectivity index (χ1v) is 6.28. The Morgan fingerprint density at radius 1 is 1.15 bits per heavy atom. The Balaban J connectivity index is 2.02. The molecule has 102 valence electrons. The highest BCUT2D eigenvalue weighted by molar-refractivity contribution is 7.80. The fraction of sp³-hybridized carbons (Fsp3) is 0.0714. The van der Waals surface area contributed by atoms with Crippen LogP contribution in [-0.2, 0) is 0 Å². The predicted octanol–water partition coefficient (Wildman–Crippen LogP) is 2.90. The molecule has 1 aromatic carbocycles. The summed E-state index contributed by atoms with van der Waals surface area (Å²) in [5.74, 6) is -1.03. The van der Waals surface area contributed by atoms with Gasteiger partial charge in [0.15, 0.2) is 5.11 Å². The summed E-state index contributed by atoms with van der Waals surface area (Å²) in [4.78, 5) is 14.7. The monoisotopic (exact) mass is 287 g/mol. The Labute approximate surface area is 121 Å². The molecule has 1 heterocycles. The van der Waals surface area contributed by atoms with Crippen LogP contribution in [0.3, 0.4) is 0 Å². The molecular formula is C14H13N3O2S. The number of rotatable bonds is 3. The lowest BCUT2D eigenvalue weighted by Gasteiger charge is -2.10. The molecule has 5 nitrogen and oxygen atoms in total. The van der Waals surface area contributed by atoms with E-state index in [-0.39, 0.29) is 5.56 Å².